The molecule has 152 valence electrons. The Morgan fingerprint density at radius 3 is 2.32 bits per heavy atom. The zero-order chi connectivity index (χ0) is 21.1. The van der Waals surface area contributed by atoms with E-state index in [2.05, 4.69) is 26.6 Å². The van der Waals surface area contributed by atoms with Crippen LogP contribution in [0.2, 0.25) is 0 Å². The molecule has 0 aliphatic rings. The van der Waals surface area contributed by atoms with Crippen molar-refractivity contribution < 1.29 is 21.6 Å². The Labute approximate surface area is 173 Å². The normalized spacial score (nSPS) is 11.7. The lowest BCUT2D eigenvalue weighted by atomic mass is 10.2. The average Bonchev–Trinajstić information content (AvgIpc) is 2.57. The number of rotatable bonds is 7. The molecule has 0 bridgehead atoms. The molecule has 8 nitrogen and oxygen atoms in total. The molecule has 0 fully saturated rings. The third-order valence-electron chi connectivity index (χ3n) is 3.77. The van der Waals surface area contributed by atoms with Crippen molar-refractivity contribution in [2.24, 2.45) is 0 Å². The van der Waals surface area contributed by atoms with Crippen LogP contribution in [-0.2, 0) is 24.7 Å². The van der Waals surface area contributed by atoms with E-state index in [9.17, 15) is 21.6 Å². The number of hydrogen-bond acceptors (Lipinski definition) is 6. The van der Waals surface area contributed by atoms with Gasteiger partial charge in [0.15, 0.2) is 9.84 Å². The maximum atomic E-state index is 12.2. The van der Waals surface area contributed by atoms with Crippen molar-refractivity contribution in [2.75, 3.05) is 41.0 Å². The van der Waals surface area contributed by atoms with E-state index in [1.165, 1.54) is 13.1 Å². The van der Waals surface area contributed by atoms with E-state index < -0.39 is 25.8 Å². The van der Waals surface area contributed by atoms with Crippen molar-refractivity contribution in [1.29, 1.82) is 0 Å². The number of halogens is 1. The van der Waals surface area contributed by atoms with Crippen LogP contribution < -0.4 is 14.9 Å². The monoisotopic (exact) mass is 489 g/mol. The van der Waals surface area contributed by atoms with Gasteiger partial charge in [0.1, 0.15) is 4.90 Å². The number of nitrogens with one attached hydrogen (secondary N) is 2. The molecule has 0 atom stereocenters. The maximum Gasteiger partial charge on any atom is 0.243 e. The molecule has 0 spiro atoms. The Bertz CT molecular complexity index is 1100. The van der Waals surface area contributed by atoms with Gasteiger partial charge in [0.05, 0.1) is 24.2 Å². The molecule has 11 heteroatoms. The van der Waals surface area contributed by atoms with Gasteiger partial charge < -0.3 is 10.6 Å². The zero-order valence-corrected chi connectivity index (χ0v) is 18.7. The third kappa shape index (κ3) is 5.69. The number of nitrogens with zero attached hydrogens (tertiary/aromatic N) is 1. The van der Waals surface area contributed by atoms with Gasteiger partial charge in [0.25, 0.3) is 0 Å². The Kier molecular flexibility index (Phi) is 6.73. The van der Waals surface area contributed by atoms with Crippen molar-refractivity contribution in [3.05, 3.63) is 46.9 Å². The second kappa shape index (κ2) is 8.50. The van der Waals surface area contributed by atoms with E-state index in [1.54, 1.807) is 36.4 Å². The molecule has 0 saturated heterocycles. The van der Waals surface area contributed by atoms with E-state index in [4.69, 9.17) is 0 Å². The minimum absolute atomic E-state index is 0.0691. The minimum atomic E-state index is -3.50. The van der Waals surface area contributed by atoms with Gasteiger partial charge >= 0.3 is 0 Å². The number of amides is 1. The van der Waals surface area contributed by atoms with E-state index in [1.807, 2.05) is 0 Å². The standard InChI is InChI=1S/C17H20BrN3O5S2/c1-21(28(3,25)26)13-7-4-6-12(10-13)20-16(22)11-19-15-9-5-8-14(18)17(15)27(2,23)24/h4-10,19H,11H2,1-3H3,(H,20,22). The summed E-state index contributed by atoms with van der Waals surface area (Å²) in [5, 5.41) is 5.46. The minimum Gasteiger partial charge on any atom is -0.375 e. The second-order valence-electron chi connectivity index (χ2n) is 6.07. The summed E-state index contributed by atoms with van der Waals surface area (Å²) in [7, 11) is -5.51. The lowest BCUT2D eigenvalue weighted by molar-refractivity contribution is -0.114. The fourth-order valence-corrected chi connectivity index (χ4v) is 5.08. The van der Waals surface area contributed by atoms with Gasteiger partial charge in [0.2, 0.25) is 15.9 Å². The highest BCUT2D eigenvalue weighted by molar-refractivity contribution is 9.10. The Hall–Kier alpha value is -2.11. The number of carbonyl (C=O) groups excluding carboxylic acids is 1. The van der Waals surface area contributed by atoms with Crippen LogP contribution in [0.4, 0.5) is 17.1 Å². The highest BCUT2D eigenvalue weighted by Gasteiger charge is 2.18. The van der Waals surface area contributed by atoms with Crippen LogP contribution in [0.25, 0.3) is 0 Å². The fraction of sp³-hybridized carbons (Fsp3) is 0.235. The molecule has 2 aromatic carbocycles. The van der Waals surface area contributed by atoms with Crippen molar-refractivity contribution >= 4 is 58.8 Å². The van der Waals surface area contributed by atoms with Crippen LogP contribution in [0, 0.1) is 0 Å². The van der Waals surface area contributed by atoms with Crippen molar-refractivity contribution in [2.45, 2.75) is 4.90 Å². The molecule has 2 rings (SSSR count). The predicted molar refractivity (Wildman–Crippen MR) is 114 cm³/mol. The average molecular weight is 490 g/mol. The van der Waals surface area contributed by atoms with Crippen LogP contribution in [0.15, 0.2) is 51.8 Å². The summed E-state index contributed by atoms with van der Waals surface area (Å²) in [6.45, 7) is -0.175. The molecule has 2 N–H and O–H groups in total. The number of sulfonamides is 1. The van der Waals surface area contributed by atoms with Gasteiger partial charge in [-0.05, 0) is 46.3 Å². The largest absolute Gasteiger partial charge is 0.375 e. The first kappa shape index (κ1) is 22.2. The van der Waals surface area contributed by atoms with Crippen LogP contribution in [0.5, 0.6) is 0 Å². The molecular formula is C17H20BrN3O5S2. The number of anilines is 3. The maximum absolute atomic E-state index is 12.2. The van der Waals surface area contributed by atoms with Crippen molar-refractivity contribution in [1.82, 2.24) is 0 Å². The number of sulfone groups is 1. The van der Waals surface area contributed by atoms with Crippen LogP contribution in [0.3, 0.4) is 0 Å². The smallest absolute Gasteiger partial charge is 0.243 e. The summed E-state index contributed by atoms with van der Waals surface area (Å²) in [6.07, 6.45) is 2.17. The van der Waals surface area contributed by atoms with Crippen molar-refractivity contribution in [3.8, 4) is 0 Å². The lowest BCUT2D eigenvalue weighted by Crippen LogP contribution is -2.25. The summed E-state index contributed by atoms with van der Waals surface area (Å²) in [6, 6.07) is 11.2. The van der Waals surface area contributed by atoms with Crippen LogP contribution >= 0.6 is 15.9 Å². The van der Waals surface area contributed by atoms with Gasteiger partial charge in [-0.25, -0.2) is 16.8 Å². The first-order valence-electron chi connectivity index (χ1n) is 7.96. The van der Waals surface area contributed by atoms with E-state index >= 15 is 0 Å². The Morgan fingerprint density at radius 2 is 1.71 bits per heavy atom. The first-order valence-corrected chi connectivity index (χ1v) is 12.5. The Balaban J connectivity index is 2.12. The summed E-state index contributed by atoms with van der Waals surface area (Å²) in [5.74, 6) is -0.418. The summed E-state index contributed by atoms with van der Waals surface area (Å²) in [4.78, 5) is 12.3. The molecule has 1 amide bonds. The number of benzene rings is 2. The van der Waals surface area contributed by atoms with Gasteiger partial charge in [-0.1, -0.05) is 12.1 Å². The molecule has 0 unspecified atom stereocenters. The summed E-state index contributed by atoms with van der Waals surface area (Å²) in [5.41, 5.74) is 1.12. The quantitative estimate of drug-likeness (QED) is 0.616. The molecule has 0 aromatic heterocycles. The van der Waals surface area contributed by atoms with Crippen molar-refractivity contribution in [3.63, 3.8) is 0 Å². The molecular weight excluding hydrogens is 470 g/mol. The molecule has 2 aromatic rings. The lowest BCUT2D eigenvalue weighted by Gasteiger charge is -2.17. The van der Waals surface area contributed by atoms with Gasteiger partial charge in [0, 0.05) is 23.5 Å². The fourth-order valence-electron chi connectivity index (χ4n) is 2.38. The third-order valence-corrected chi connectivity index (χ3v) is 7.08. The first-order chi connectivity index (χ1) is 12.9. The van der Waals surface area contributed by atoms with Crippen LogP contribution in [-0.4, -0.2) is 48.8 Å². The predicted octanol–water partition coefficient (Wildman–Crippen LogP) is 2.30. The van der Waals surface area contributed by atoms with Gasteiger partial charge in [-0.15, -0.1) is 0 Å². The van der Waals surface area contributed by atoms with Gasteiger partial charge in [-0.3, -0.25) is 9.10 Å². The number of carbonyl (C=O) groups is 1. The van der Waals surface area contributed by atoms with Gasteiger partial charge in [-0.2, -0.15) is 0 Å². The second-order valence-corrected chi connectivity index (χ2v) is 10.9. The summed E-state index contributed by atoms with van der Waals surface area (Å²) < 4.78 is 48.7. The molecule has 0 radical (unpaired) electrons. The highest BCUT2D eigenvalue weighted by atomic mass is 79.9. The molecule has 28 heavy (non-hydrogen) atoms. The molecule has 0 heterocycles. The molecule has 0 aliphatic carbocycles. The summed E-state index contributed by atoms with van der Waals surface area (Å²) >= 11 is 3.21. The van der Waals surface area contributed by atoms with E-state index in [0.29, 0.717) is 21.5 Å². The van der Waals surface area contributed by atoms with Crippen LogP contribution in [0.1, 0.15) is 0 Å². The van der Waals surface area contributed by atoms with E-state index in [-0.39, 0.29) is 11.4 Å². The molecule has 0 saturated carbocycles. The Morgan fingerprint density at radius 1 is 1.07 bits per heavy atom. The van der Waals surface area contributed by atoms with E-state index in [0.717, 1.165) is 16.8 Å². The highest BCUT2D eigenvalue weighted by Crippen LogP contribution is 2.29. The SMILES string of the molecule is CN(c1cccc(NC(=O)CNc2cccc(Br)c2S(C)(=O)=O)c1)S(C)(=O)=O. The zero-order valence-electron chi connectivity index (χ0n) is 15.4. The topological polar surface area (TPSA) is 113 Å². The molecule has 0 aliphatic heterocycles. The number of hydrogen-bond donors (Lipinski definition) is 2.